The molecule has 0 saturated carbocycles. The van der Waals surface area contributed by atoms with Crippen molar-refractivity contribution in [1.82, 2.24) is 0 Å². The minimum atomic E-state index is -0.399. The fourth-order valence-electron chi connectivity index (χ4n) is 0.883. The molecule has 0 aromatic heterocycles. The number of aliphatic hydroxyl groups is 1. The third kappa shape index (κ3) is 1.76. The van der Waals surface area contributed by atoms with Gasteiger partial charge in [0, 0.05) is 11.6 Å². The maximum Gasteiger partial charge on any atom is 0.141 e. The molecule has 0 heterocycles. The number of aliphatic hydroxyl groups excluding tert-OH is 1. The minimum absolute atomic E-state index is 0.165. The van der Waals surface area contributed by atoms with Crippen molar-refractivity contribution in [3.8, 4) is 5.75 Å². The zero-order chi connectivity index (χ0) is 9.14. The van der Waals surface area contributed by atoms with Gasteiger partial charge >= 0.3 is 0 Å². The van der Waals surface area contributed by atoms with Gasteiger partial charge in [0.15, 0.2) is 0 Å². The zero-order valence-electron chi connectivity index (χ0n) is 6.47. The van der Waals surface area contributed by atoms with Crippen LogP contribution in [0.2, 0.25) is 0 Å². The van der Waals surface area contributed by atoms with Crippen molar-refractivity contribution >= 4 is 15.9 Å². The van der Waals surface area contributed by atoms with Crippen LogP contribution in [0.3, 0.4) is 0 Å². The Labute approximate surface area is 78.1 Å². The molecular weight excluding hydrogens is 227 g/mol. The van der Waals surface area contributed by atoms with Crippen molar-refractivity contribution in [2.24, 2.45) is 0 Å². The van der Waals surface area contributed by atoms with Crippen LogP contribution in [0.15, 0.2) is 16.6 Å². The molecule has 4 heteroatoms. The van der Waals surface area contributed by atoms with E-state index in [4.69, 9.17) is 9.84 Å². The van der Waals surface area contributed by atoms with E-state index < -0.39 is 5.82 Å². The molecule has 0 radical (unpaired) electrons. The van der Waals surface area contributed by atoms with Crippen LogP contribution in [0.1, 0.15) is 5.56 Å². The molecule has 0 aliphatic rings. The summed E-state index contributed by atoms with van der Waals surface area (Å²) in [6, 6.07) is 2.73. The normalized spacial score (nSPS) is 10.0. The van der Waals surface area contributed by atoms with Crippen molar-refractivity contribution in [3.05, 3.63) is 28.0 Å². The molecule has 0 bridgehead atoms. The molecule has 1 aromatic rings. The number of hydrogen-bond donors (Lipinski definition) is 1. The van der Waals surface area contributed by atoms with Crippen LogP contribution >= 0.6 is 15.9 Å². The van der Waals surface area contributed by atoms with Crippen molar-refractivity contribution in [2.75, 3.05) is 7.11 Å². The highest BCUT2D eigenvalue weighted by molar-refractivity contribution is 9.10. The molecule has 66 valence electrons. The molecule has 12 heavy (non-hydrogen) atoms. The predicted molar refractivity (Wildman–Crippen MR) is 46.6 cm³/mol. The Morgan fingerprint density at radius 1 is 1.58 bits per heavy atom. The lowest BCUT2D eigenvalue weighted by molar-refractivity contribution is 0.273. The summed E-state index contributed by atoms with van der Waals surface area (Å²) in [5, 5.41) is 8.84. The molecule has 0 spiro atoms. The van der Waals surface area contributed by atoms with Crippen LogP contribution < -0.4 is 4.74 Å². The van der Waals surface area contributed by atoms with E-state index in [1.54, 1.807) is 0 Å². The van der Waals surface area contributed by atoms with E-state index in [-0.39, 0.29) is 6.61 Å². The van der Waals surface area contributed by atoms with Crippen LogP contribution in [0, 0.1) is 5.82 Å². The van der Waals surface area contributed by atoms with Gasteiger partial charge in [-0.3, -0.25) is 0 Å². The Kier molecular flexibility index (Phi) is 3.05. The largest absolute Gasteiger partial charge is 0.496 e. The Morgan fingerprint density at radius 2 is 2.25 bits per heavy atom. The number of methoxy groups -OCH3 is 1. The van der Waals surface area contributed by atoms with Gasteiger partial charge in [0.05, 0.1) is 18.2 Å². The van der Waals surface area contributed by atoms with Gasteiger partial charge in [-0.05, 0) is 22.0 Å². The minimum Gasteiger partial charge on any atom is -0.496 e. The third-order valence-electron chi connectivity index (χ3n) is 1.49. The molecule has 1 N–H and O–H groups in total. The molecule has 1 rings (SSSR count). The first-order valence-corrected chi connectivity index (χ1v) is 4.11. The van der Waals surface area contributed by atoms with Gasteiger partial charge in [0.2, 0.25) is 0 Å². The van der Waals surface area contributed by atoms with E-state index in [0.29, 0.717) is 15.8 Å². The summed E-state index contributed by atoms with van der Waals surface area (Å²) >= 11 is 3.01. The van der Waals surface area contributed by atoms with Gasteiger partial charge in [-0.25, -0.2) is 4.39 Å². The maximum atomic E-state index is 12.9. The van der Waals surface area contributed by atoms with Gasteiger partial charge in [0.25, 0.3) is 0 Å². The Hall–Kier alpha value is -0.610. The Morgan fingerprint density at radius 3 is 2.75 bits per heavy atom. The summed E-state index contributed by atoms with van der Waals surface area (Å²) in [5.41, 5.74) is 0.561. The number of halogens is 2. The highest BCUT2D eigenvalue weighted by Gasteiger charge is 2.07. The predicted octanol–water partition coefficient (Wildman–Crippen LogP) is 2.09. The fraction of sp³-hybridized carbons (Fsp3) is 0.250. The van der Waals surface area contributed by atoms with Crippen LogP contribution in [-0.2, 0) is 6.61 Å². The standard InChI is InChI=1S/C8H8BrFO2/c1-12-8-3-7(10)6(9)2-5(8)4-11/h2-3,11H,4H2,1H3. The molecule has 0 amide bonds. The van der Waals surface area contributed by atoms with Crippen molar-refractivity contribution in [1.29, 1.82) is 0 Å². The van der Waals surface area contributed by atoms with Gasteiger partial charge in [-0.2, -0.15) is 0 Å². The number of ether oxygens (including phenoxy) is 1. The monoisotopic (exact) mass is 234 g/mol. The summed E-state index contributed by atoms with van der Waals surface area (Å²) in [6.07, 6.45) is 0. The first-order chi connectivity index (χ1) is 5.69. The molecule has 0 saturated heterocycles. The highest BCUT2D eigenvalue weighted by Crippen LogP contribution is 2.25. The maximum absolute atomic E-state index is 12.9. The van der Waals surface area contributed by atoms with Crippen LogP contribution in [0.4, 0.5) is 4.39 Å². The smallest absolute Gasteiger partial charge is 0.141 e. The molecule has 0 aliphatic carbocycles. The summed E-state index contributed by atoms with van der Waals surface area (Å²) < 4.78 is 18.1. The number of benzene rings is 1. The van der Waals surface area contributed by atoms with E-state index in [1.165, 1.54) is 19.2 Å². The fourth-order valence-corrected chi connectivity index (χ4v) is 1.27. The van der Waals surface area contributed by atoms with Crippen LogP contribution in [0.25, 0.3) is 0 Å². The summed E-state index contributed by atoms with van der Waals surface area (Å²) in [5.74, 6) is -0.0396. The number of rotatable bonds is 2. The first-order valence-electron chi connectivity index (χ1n) is 3.31. The van der Waals surface area contributed by atoms with E-state index >= 15 is 0 Å². The van der Waals surface area contributed by atoms with Crippen molar-refractivity contribution in [2.45, 2.75) is 6.61 Å². The summed E-state index contributed by atoms with van der Waals surface area (Å²) in [4.78, 5) is 0. The molecular formula is C8H8BrFO2. The van der Waals surface area contributed by atoms with Crippen LogP contribution in [-0.4, -0.2) is 12.2 Å². The molecule has 1 aromatic carbocycles. The second kappa shape index (κ2) is 3.87. The number of hydrogen-bond acceptors (Lipinski definition) is 2. The first kappa shape index (κ1) is 9.48. The molecule has 0 fully saturated rings. The lowest BCUT2D eigenvalue weighted by Gasteiger charge is -2.06. The van der Waals surface area contributed by atoms with Crippen LogP contribution in [0.5, 0.6) is 5.75 Å². The molecule has 0 aliphatic heterocycles. The molecule has 0 unspecified atom stereocenters. The van der Waals surface area contributed by atoms with E-state index in [2.05, 4.69) is 15.9 Å². The Bertz CT molecular complexity index is 260. The summed E-state index contributed by atoms with van der Waals surface area (Å²) in [7, 11) is 1.43. The highest BCUT2D eigenvalue weighted by atomic mass is 79.9. The lowest BCUT2D eigenvalue weighted by Crippen LogP contribution is -1.93. The van der Waals surface area contributed by atoms with Gasteiger partial charge in [-0.15, -0.1) is 0 Å². The lowest BCUT2D eigenvalue weighted by atomic mass is 10.2. The topological polar surface area (TPSA) is 29.5 Å². The molecule has 0 atom stereocenters. The molecule has 2 nitrogen and oxygen atoms in total. The van der Waals surface area contributed by atoms with E-state index in [9.17, 15) is 4.39 Å². The van der Waals surface area contributed by atoms with Gasteiger partial charge in [0.1, 0.15) is 11.6 Å². The van der Waals surface area contributed by atoms with E-state index in [0.717, 1.165) is 0 Å². The SMILES string of the molecule is COc1cc(F)c(Br)cc1CO. The Balaban J connectivity index is 3.19. The average molecular weight is 235 g/mol. The van der Waals surface area contributed by atoms with Gasteiger partial charge in [-0.1, -0.05) is 0 Å². The second-order valence-electron chi connectivity index (χ2n) is 2.24. The van der Waals surface area contributed by atoms with Crippen molar-refractivity contribution in [3.63, 3.8) is 0 Å². The zero-order valence-corrected chi connectivity index (χ0v) is 8.06. The van der Waals surface area contributed by atoms with Gasteiger partial charge < -0.3 is 9.84 Å². The second-order valence-corrected chi connectivity index (χ2v) is 3.09. The average Bonchev–Trinajstić information content (AvgIpc) is 2.09. The van der Waals surface area contributed by atoms with E-state index in [1.807, 2.05) is 0 Å². The van der Waals surface area contributed by atoms with Crippen molar-refractivity contribution < 1.29 is 14.2 Å². The quantitative estimate of drug-likeness (QED) is 0.850. The summed E-state index contributed by atoms with van der Waals surface area (Å²) in [6.45, 7) is -0.165. The third-order valence-corrected chi connectivity index (χ3v) is 2.10.